The standard InChI is InChI=1S/C15H17ClO5/c1-10(8-16)9-21-15-12(19-2)6-11(4-5-14(17)18)7-13(15)20-3/h4-8H,9H2,1-3H3,(H,17,18)/b5-4+,10-8+. The number of ether oxygens (including phenoxy) is 3. The van der Waals surface area contributed by atoms with Gasteiger partial charge in [0.15, 0.2) is 11.5 Å². The molecule has 21 heavy (non-hydrogen) atoms. The molecule has 0 saturated carbocycles. The maximum absolute atomic E-state index is 10.6. The van der Waals surface area contributed by atoms with Crippen LogP contribution in [0.3, 0.4) is 0 Å². The third-order valence-corrected chi connectivity index (χ3v) is 2.90. The van der Waals surface area contributed by atoms with Crippen molar-refractivity contribution in [3.8, 4) is 17.2 Å². The fourth-order valence-electron chi connectivity index (χ4n) is 1.52. The van der Waals surface area contributed by atoms with Crippen molar-refractivity contribution in [2.45, 2.75) is 6.92 Å². The van der Waals surface area contributed by atoms with E-state index in [-0.39, 0.29) is 0 Å². The van der Waals surface area contributed by atoms with E-state index in [1.54, 1.807) is 12.1 Å². The lowest BCUT2D eigenvalue weighted by Gasteiger charge is -2.15. The van der Waals surface area contributed by atoms with Crippen molar-refractivity contribution in [3.05, 3.63) is 34.9 Å². The highest BCUT2D eigenvalue weighted by Crippen LogP contribution is 2.39. The van der Waals surface area contributed by atoms with Gasteiger partial charge in [0.05, 0.1) is 14.2 Å². The Morgan fingerprint density at radius 2 is 1.86 bits per heavy atom. The average Bonchev–Trinajstić information content (AvgIpc) is 2.49. The number of aliphatic carboxylic acids is 1. The van der Waals surface area contributed by atoms with Crippen LogP contribution < -0.4 is 14.2 Å². The van der Waals surface area contributed by atoms with E-state index in [1.165, 1.54) is 25.8 Å². The lowest BCUT2D eigenvalue weighted by Crippen LogP contribution is -2.02. The molecule has 0 radical (unpaired) electrons. The molecule has 1 rings (SSSR count). The number of hydrogen-bond donors (Lipinski definition) is 1. The molecule has 0 spiro atoms. The van der Waals surface area contributed by atoms with Crippen molar-refractivity contribution < 1.29 is 24.1 Å². The number of halogens is 1. The molecule has 1 N–H and O–H groups in total. The van der Waals surface area contributed by atoms with E-state index in [2.05, 4.69) is 0 Å². The van der Waals surface area contributed by atoms with Gasteiger partial charge in [-0.3, -0.25) is 0 Å². The van der Waals surface area contributed by atoms with E-state index in [4.69, 9.17) is 30.9 Å². The molecule has 0 aliphatic carbocycles. The van der Waals surface area contributed by atoms with Gasteiger partial charge in [0.2, 0.25) is 5.75 Å². The van der Waals surface area contributed by atoms with Crippen molar-refractivity contribution in [2.24, 2.45) is 0 Å². The van der Waals surface area contributed by atoms with Crippen LogP contribution in [-0.4, -0.2) is 31.9 Å². The zero-order valence-corrected chi connectivity index (χ0v) is 12.8. The summed E-state index contributed by atoms with van der Waals surface area (Å²) in [5.74, 6) is 0.296. The zero-order chi connectivity index (χ0) is 15.8. The summed E-state index contributed by atoms with van der Waals surface area (Å²) in [5.41, 5.74) is 2.90. The predicted molar refractivity (Wildman–Crippen MR) is 81.3 cm³/mol. The largest absolute Gasteiger partial charge is 0.493 e. The maximum atomic E-state index is 10.6. The summed E-state index contributed by atoms with van der Waals surface area (Å²) in [6.45, 7) is 2.12. The van der Waals surface area contributed by atoms with Gasteiger partial charge in [0.1, 0.15) is 6.61 Å². The van der Waals surface area contributed by atoms with Crippen LogP contribution >= 0.6 is 11.6 Å². The van der Waals surface area contributed by atoms with Gasteiger partial charge >= 0.3 is 5.97 Å². The van der Waals surface area contributed by atoms with Gasteiger partial charge in [-0.25, -0.2) is 4.79 Å². The minimum Gasteiger partial charge on any atom is -0.493 e. The quantitative estimate of drug-likeness (QED) is 0.782. The summed E-state index contributed by atoms with van der Waals surface area (Å²) in [6, 6.07) is 3.33. The van der Waals surface area contributed by atoms with Crippen molar-refractivity contribution in [3.63, 3.8) is 0 Å². The first kappa shape index (κ1) is 16.9. The van der Waals surface area contributed by atoms with E-state index in [9.17, 15) is 4.79 Å². The fourth-order valence-corrected chi connectivity index (χ4v) is 1.59. The van der Waals surface area contributed by atoms with Crippen molar-refractivity contribution in [2.75, 3.05) is 20.8 Å². The molecule has 0 saturated heterocycles. The summed E-state index contributed by atoms with van der Waals surface area (Å²) in [7, 11) is 2.99. The van der Waals surface area contributed by atoms with E-state index in [0.717, 1.165) is 11.6 Å². The Hall–Kier alpha value is -2.14. The molecule has 5 nitrogen and oxygen atoms in total. The molecule has 0 unspecified atom stereocenters. The van der Waals surface area contributed by atoms with E-state index < -0.39 is 5.97 Å². The van der Waals surface area contributed by atoms with Crippen LogP contribution in [0, 0.1) is 0 Å². The molecule has 1 aromatic rings. The Morgan fingerprint density at radius 1 is 1.29 bits per heavy atom. The Bertz CT molecular complexity index is 538. The van der Waals surface area contributed by atoms with Gasteiger partial charge < -0.3 is 19.3 Å². The molecule has 0 aromatic heterocycles. The molecular formula is C15H17ClO5. The number of hydrogen-bond acceptors (Lipinski definition) is 4. The molecule has 0 amide bonds. The first-order valence-electron chi connectivity index (χ1n) is 6.07. The van der Waals surface area contributed by atoms with Gasteiger partial charge in [-0.2, -0.15) is 0 Å². The number of benzene rings is 1. The van der Waals surface area contributed by atoms with Crippen molar-refractivity contribution in [1.82, 2.24) is 0 Å². The van der Waals surface area contributed by atoms with Gasteiger partial charge in [-0.1, -0.05) is 11.6 Å². The van der Waals surface area contributed by atoms with E-state index in [0.29, 0.717) is 29.4 Å². The molecule has 0 aliphatic rings. The highest BCUT2D eigenvalue weighted by molar-refractivity contribution is 6.25. The lowest BCUT2D eigenvalue weighted by molar-refractivity contribution is -0.131. The minimum absolute atomic E-state index is 0.292. The minimum atomic E-state index is -1.03. The second-order valence-electron chi connectivity index (χ2n) is 4.17. The second kappa shape index (κ2) is 8.21. The summed E-state index contributed by atoms with van der Waals surface area (Å²) < 4.78 is 16.2. The van der Waals surface area contributed by atoms with Crippen LogP contribution in [0.1, 0.15) is 12.5 Å². The normalized spacial score (nSPS) is 11.5. The number of carboxylic acid groups (broad SMARTS) is 1. The molecule has 114 valence electrons. The van der Waals surface area contributed by atoms with Gasteiger partial charge in [-0.15, -0.1) is 0 Å². The van der Waals surface area contributed by atoms with Crippen LogP contribution in [0.2, 0.25) is 0 Å². The highest BCUT2D eigenvalue weighted by Gasteiger charge is 2.13. The van der Waals surface area contributed by atoms with Gasteiger partial charge in [-0.05, 0) is 36.3 Å². The highest BCUT2D eigenvalue weighted by atomic mass is 35.5. The van der Waals surface area contributed by atoms with Crippen molar-refractivity contribution in [1.29, 1.82) is 0 Å². The third-order valence-electron chi connectivity index (χ3n) is 2.53. The first-order chi connectivity index (χ1) is 10.0. The van der Waals surface area contributed by atoms with E-state index in [1.807, 2.05) is 6.92 Å². The van der Waals surface area contributed by atoms with Crippen LogP contribution in [0.15, 0.2) is 29.3 Å². The second-order valence-corrected chi connectivity index (χ2v) is 4.39. The molecule has 0 fully saturated rings. The summed E-state index contributed by atoms with van der Waals surface area (Å²) >= 11 is 5.59. The summed E-state index contributed by atoms with van der Waals surface area (Å²) in [4.78, 5) is 10.6. The Morgan fingerprint density at radius 3 is 2.29 bits per heavy atom. The smallest absolute Gasteiger partial charge is 0.328 e. The average molecular weight is 313 g/mol. The predicted octanol–water partition coefficient (Wildman–Crippen LogP) is 3.32. The SMILES string of the molecule is COc1cc(/C=C/C(=O)O)cc(OC)c1OC/C(C)=C/Cl. The Kier molecular flexibility index (Phi) is 6.62. The first-order valence-corrected chi connectivity index (χ1v) is 6.51. The molecule has 0 bridgehead atoms. The van der Waals surface area contributed by atoms with Crippen LogP contribution in [0.4, 0.5) is 0 Å². The van der Waals surface area contributed by atoms with Crippen molar-refractivity contribution >= 4 is 23.6 Å². The Balaban J connectivity index is 3.15. The number of methoxy groups -OCH3 is 2. The van der Waals surface area contributed by atoms with Gasteiger partial charge in [0.25, 0.3) is 0 Å². The molecule has 0 aliphatic heterocycles. The number of carboxylic acids is 1. The molecule has 0 heterocycles. The van der Waals surface area contributed by atoms with Gasteiger partial charge in [0, 0.05) is 11.6 Å². The topological polar surface area (TPSA) is 65.0 Å². The fraction of sp³-hybridized carbons (Fsp3) is 0.267. The summed E-state index contributed by atoms with van der Waals surface area (Å²) in [6.07, 6.45) is 2.48. The molecule has 1 aromatic carbocycles. The van der Waals surface area contributed by atoms with Crippen LogP contribution in [0.25, 0.3) is 6.08 Å². The summed E-state index contributed by atoms with van der Waals surface area (Å²) in [5, 5.41) is 8.66. The monoisotopic (exact) mass is 312 g/mol. The van der Waals surface area contributed by atoms with Crippen LogP contribution in [0.5, 0.6) is 17.2 Å². The Labute approximate surface area is 128 Å². The third kappa shape index (κ3) is 5.04. The number of rotatable bonds is 7. The molecular weight excluding hydrogens is 296 g/mol. The zero-order valence-electron chi connectivity index (χ0n) is 12.1. The molecule has 0 atom stereocenters. The maximum Gasteiger partial charge on any atom is 0.328 e. The van der Waals surface area contributed by atoms with Crippen LogP contribution in [-0.2, 0) is 4.79 Å². The molecule has 6 heteroatoms. The van der Waals surface area contributed by atoms with E-state index >= 15 is 0 Å². The number of carbonyl (C=O) groups is 1. The lowest BCUT2D eigenvalue weighted by atomic mass is 10.1.